The van der Waals surface area contributed by atoms with E-state index >= 15 is 0 Å². The van der Waals surface area contributed by atoms with Gasteiger partial charge in [-0.15, -0.1) is 0 Å². The van der Waals surface area contributed by atoms with Gasteiger partial charge in [-0.1, -0.05) is 37.3 Å². The first-order valence-corrected chi connectivity index (χ1v) is 8.73. The zero-order chi connectivity index (χ0) is 16.7. The molecule has 24 heavy (non-hydrogen) atoms. The summed E-state index contributed by atoms with van der Waals surface area (Å²) >= 11 is 6.04. The molecule has 0 amide bonds. The average Bonchev–Trinajstić information content (AvgIpc) is 3.17. The van der Waals surface area contributed by atoms with Crippen LogP contribution >= 0.6 is 11.6 Å². The summed E-state index contributed by atoms with van der Waals surface area (Å²) in [6.07, 6.45) is 7.40. The number of fused-ring (bicyclic) bond motifs is 1. The zero-order valence-corrected chi connectivity index (χ0v) is 14.3. The molecule has 1 fully saturated rings. The maximum absolute atomic E-state index is 12.4. The molecule has 0 radical (unpaired) electrons. The van der Waals surface area contributed by atoms with Crippen molar-refractivity contribution in [1.29, 1.82) is 0 Å². The van der Waals surface area contributed by atoms with Crippen LogP contribution in [0.25, 0.3) is 16.7 Å². The summed E-state index contributed by atoms with van der Waals surface area (Å²) < 4.78 is 1.73. The minimum absolute atomic E-state index is 0.120. The number of benzene rings is 1. The van der Waals surface area contributed by atoms with E-state index in [0.29, 0.717) is 22.0 Å². The molecule has 2 aromatic heterocycles. The molecule has 1 N–H and O–H groups in total. The summed E-state index contributed by atoms with van der Waals surface area (Å²) in [7, 11) is 0. The largest absolute Gasteiger partial charge is 0.310 e. The smallest absolute Gasteiger partial charge is 0.262 e. The summed E-state index contributed by atoms with van der Waals surface area (Å²) in [5.41, 5.74) is 2.37. The molecular formula is C18H19ClN4O. The van der Waals surface area contributed by atoms with Gasteiger partial charge in [-0.25, -0.2) is 9.67 Å². The van der Waals surface area contributed by atoms with Gasteiger partial charge in [0.25, 0.3) is 5.56 Å². The van der Waals surface area contributed by atoms with Crippen molar-refractivity contribution in [2.75, 3.05) is 0 Å². The maximum Gasteiger partial charge on any atom is 0.262 e. The van der Waals surface area contributed by atoms with Gasteiger partial charge in [0.1, 0.15) is 11.2 Å². The Morgan fingerprint density at radius 1 is 1.33 bits per heavy atom. The SMILES string of the molecule is Cc1cc(Cl)ccc1-n1ncc2c(=O)[nH]c(CC3CCCC3)nc21. The average molecular weight is 343 g/mol. The summed E-state index contributed by atoms with van der Waals surface area (Å²) in [5.74, 6) is 1.38. The van der Waals surface area contributed by atoms with Crippen molar-refractivity contribution in [2.24, 2.45) is 5.92 Å². The molecule has 124 valence electrons. The Kier molecular flexibility index (Phi) is 3.88. The number of aromatic nitrogens is 4. The van der Waals surface area contributed by atoms with Crippen LogP contribution in [0.3, 0.4) is 0 Å². The van der Waals surface area contributed by atoms with Gasteiger partial charge >= 0.3 is 0 Å². The Labute approximate surface area is 144 Å². The van der Waals surface area contributed by atoms with Crippen LogP contribution in [-0.2, 0) is 6.42 Å². The van der Waals surface area contributed by atoms with Crippen molar-refractivity contribution in [3.8, 4) is 5.69 Å². The zero-order valence-electron chi connectivity index (χ0n) is 13.6. The molecule has 1 saturated carbocycles. The fraction of sp³-hybridized carbons (Fsp3) is 0.389. The lowest BCUT2D eigenvalue weighted by Crippen LogP contribution is -2.14. The van der Waals surface area contributed by atoms with Crippen molar-refractivity contribution in [1.82, 2.24) is 19.7 Å². The van der Waals surface area contributed by atoms with E-state index in [0.717, 1.165) is 23.5 Å². The molecule has 4 rings (SSSR count). The molecule has 2 heterocycles. The molecule has 6 heteroatoms. The molecule has 1 aliphatic rings. The lowest BCUT2D eigenvalue weighted by molar-refractivity contribution is 0.530. The highest BCUT2D eigenvalue weighted by Gasteiger charge is 2.18. The third-order valence-electron chi connectivity index (χ3n) is 4.83. The molecule has 5 nitrogen and oxygen atoms in total. The molecule has 0 aliphatic heterocycles. The van der Waals surface area contributed by atoms with Crippen molar-refractivity contribution in [3.05, 3.63) is 51.2 Å². The number of hydrogen-bond acceptors (Lipinski definition) is 3. The highest BCUT2D eigenvalue weighted by atomic mass is 35.5. The van der Waals surface area contributed by atoms with E-state index in [1.165, 1.54) is 25.7 Å². The second-order valence-corrected chi connectivity index (χ2v) is 7.03. The van der Waals surface area contributed by atoms with Gasteiger partial charge in [-0.2, -0.15) is 5.10 Å². The van der Waals surface area contributed by atoms with Crippen molar-refractivity contribution in [3.63, 3.8) is 0 Å². The number of aromatic amines is 1. The summed E-state index contributed by atoms with van der Waals surface area (Å²) in [5, 5.41) is 5.58. The minimum Gasteiger partial charge on any atom is -0.310 e. The van der Waals surface area contributed by atoms with Crippen molar-refractivity contribution in [2.45, 2.75) is 39.0 Å². The van der Waals surface area contributed by atoms with Gasteiger partial charge in [-0.05, 0) is 36.6 Å². The first-order chi connectivity index (χ1) is 11.6. The Bertz CT molecular complexity index is 953. The van der Waals surface area contributed by atoms with E-state index in [2.05, 4.69) is 10.1 Å². The number of nitrogens with zero attached hydrogens (tertiary/aromatic N) is 3. The molecule has 0 atom stereocenters. The Hall–Kier alpha value is -2.14. The summed E-state index contributed by atoms with van der Waals surface area (Å²) in [6.45, 7) is 1.97. The monoisotopic (exact) mass is 342 g/mol. The normalized spacial score (nSPS) is 15.4. The minimum atomic E-state index is -0.120. The molecule has 0 unspecified atom stereocenters. The fourth-order valence-corrected chi connectivity index (χ4v) is 3.81. The highest BCUT2D eigenvalue weighted by Crippen LogP contribution is 2.27. The maximum atomic E-state index is 12.4. The van der Waals surface area contributed by atoms with E-state index in [1.807, 2.05) is 25.1 Å². The quantitative estimate of drug-likeness (QED) is 0.787. The van der Waals surface area contributed by atoms with Gasteiger partial charge in [0.05, 0.1) is 11.9 Å². The van der Waals surface area contributed by atoms with Crippen molar-refractivity contribution >= 4 is 22.6 Å². The van der Waals surface area contributed by atoms with Crippen LogP contribution in [0.15, 0.2) is 29.2 Å². The molecule has 1 aliphatic carbocycles. The number of aryl methyl sites for hydroxylation is 1. The summed E-state index contributed by atoms with van der Waals surface area (Å²) in [6, 6.07) is 5.62. The first-order valence-electron chi connectivity index (χ1n) is 8.35. The Morgan fingerprint density at radius 3 is 2.88 bits per heavy atom. The summed E-state index contributed by atoms with van der Waals surface area (Å²) in [4.78, 5) is 20.0. The Balaban J connectivity index is 1.81. The lowest BCUT2D eigenvalue weighted by atomic mass is 10.0. The molecule has 0 spiro atoms. The van der Waals surface area contributed by atoms with Gasteiger partial charge in [0.15, 0.2) is 5.65 Å². The third-order valence-corrected chi connectivity index (χ3v) is 5.07. The second kappa shape index (κ2) is 6.06. The van der Waals surface area contributed by atoms with Crippen LogP contribution in [0.2, 0.25) is 5.02 Å². The lowest BCUT2D eigenvalue weighted by Gasteiger charge is -2.10. The van der Waals surface area contributed by atoms with Crippen LogP contribution in [-0.4, -0.2) is 19.7 Å². The van der Waals surface area contributed by atoms with Gasteiger partial charge in [-0.3, -0.25) is 4.79 Å². The highest BCUT2D eigenvalue weighted by molar-refractivity contribution is 6.30. The van der Waals surface area contributed by atoms with Crippen LogP contribution < -0.4 is 5.56 Å². The number of H-pyrrole nitrogens is 1. The van der Waals surface area contributed by atoms with Crippen LogP contribution in [0.1, 0.15) is 37.1 Å². The third kappa shape index (κ3) is 2.73. The second-order valence-electron chi connectivity index (χ2n) is 6.59. The molecular weight excluding hydrogens is 324 g/mol. The van der Waals surface area contributed by atoms with E-state index in [4.69, 9.17) is 16.6 Å². The molecule has 3 aromatic rings. The number of hydrogen-bond donors (Lipinski definition) is 1. The first kappa shape index (κ1) is 15.4. The van der Waals surface area contributed by atoms with Crippen molar-refractivity contribution < 1.29 is 0 Å². The fourth-order valence-electron chi connectivity index (χ4n) is 3.58. The van der Waals surface area contributed by atoms with Gasteiger partial charge in [0.2, 0.25) is 0 Å². The topological polar surface area (TPSA) is 63.6 Å². The van der Waals surface area contributed by atoms with Crippen LogP contribution in [0, 0.1) is 12.8 Å². The number of halogens is 1. The van der Waals surface area contributed by atoms with Crippen LogP contribution in [0.5, 0.6) is 0 Å². The van der Waals surface area contributed by atoms with E-state index in [-0.39, 0.29) is 5.56 Å². The molecule has 0 saturated heterocycles. The van der Waals surface area contributed by atoms with Gasteiger partial charge < -0.3 is 4.98 Å². The number of nitrogens with one attached hydrogen (secondary N) is 1. The standard InChI is InChI=1S/C18H19ClN4O/c1-11-8-13(19)6-7-15(11)23-17-14(10-20-23)18(24)22-16(21-17)9-12-4-2-3-5-12/h6-8,10,12H,2-5,9H2,1H3,(H,21,22,24). The van der Waals surface area contributed by atoms with E-state index < -0.39 is 0 Å². The molecule has 0 bridgehead atoms. The predicted molar refractivity (Wildman–Crippen MR) is 94.9 cm³/mol. The molecule has 1 aromatic carbocycles. The predicted octanol–water partition coefficient (Wildman–Crippen LogP) is 3.80. The Morgan fingerprint density at radius 2 is 2.12 bits per heavy atom. The van der Waals surface area contributed by atoms with E-state index in [1.54, 1.807) is 10.9 Å². The van der Waals surface area contributed by atoms with Crippen LogP contribution in [0.4, 0.5) is 0 Å². The van der Waals surface area contributed by atoms with E-state index in [9.17, 15) is 4.79 Å². The number of rotatable bonds is 3. The van der Waals surface area contributed by atoms with Gasteiger partial charge in [0, 0.05) is 11.4 Å².